The molecule has 0 bridgehead atoms. The van der Waals surface area contributed by atoms with Crippen LogP contribution in [0.3, 0.4) is 0 Å². The lowest BCUT2D eigenvalue weighted by molar-refractivity contribution is -0.144. The number of carbonyl (C=O) groups excluding carboxylic acids is 3. The molecule has 0 aromatic heterocycles. The van der Waals surface area contributed by atoms with E-state index in [1.165, 1.54) is 19.9 Å². The van der Waals surface area contributed by atoms with Crippen molar-refractivity contribution in [2.75, 3.05) is 0 Å². The highest BCUT2D eigenvalue weighted by Gasteiger charge is 2.23. The first-order valence-electron chi connectivity index (χ1n) is 5.41. The molecule has 0 aliphatic rings. The number of hydrogen-bond acceptors (Lipinski definition) is 4. The Labute approximate surface area is 95.5 Å². The Kier molecular flexibility index (Phi) is 7.05. The van der Waals surface area contributed by atoms with E-state index in [1.54, 1.807) is 0 Å². The first-order valence-corrected chi connectivity index (χ1v) is 5.41. The standard InChI is InChI=1S/C11H18N2O3/c1-4-5-6-7-11(12-8-14)13(9(2)15)10(3)16/h11H,4-7H2,1-3H3. The van der Waals surface area contributed by atoms with E-state index in [9.17, 15) is 14.4 Å². The summed E-state index contributed by atoms with van der Waals surface area (Å²) >= 11 is 0. The molecule has 0 aromatic rings. The lowest BCUT2D eigenvalue weighted by Crippen LogP contribution is -2.41. The van der Waals surface area contributed by atoms with E-state index in [0.29, 0.717) is 6.42 Å². The number of hydrogen-bond donors (Lipinski definition) is 0. The van der Waals surface area contributed by atoms with Gasteiger partial charge in [-0.25, -0.2) is 4.79 Å². The van der Waals surface area contributed by atoms with E-state index >= 15 is 0 Å². The van der Waals surface area contributed by atoms with Crippen molar-refractivity contribution in [3.05, 3.63) is 0 Å². The molecule has 0 fully saturated rings. The molecule has 0 saturated carbocycles. The molecule has 0 saturated heterocycles. The summed E-state index contributed by atoms with van der Waals surface area (Å²) in [6, 6.07) is 0. The molecule has 0 N–H and O–H groups in total. The van der Waals surface area contributed by atoms with Crippen LogP contribution in [0, 0.1) is 0 Å². The maximum Gasteiger partial charge on any atom is 0.237 e. The van der Waals surface area contributed by atoms with Gasteiger partial charge in [0.05, 0.1) is 0 Å². The molecular formula is C11H18N2O3. The molecule has 0 radical (unpaired) electrons. The van der Waals surface area contributed by atoms with Crippen LogP contribution < -0.4 is 0 Å². The van der Waals surface area contributed by atoms with Gasteiger partial charge in [0.2, 0.25) is 17.9 Å². The van der Waals surface area contributed by atoms with Crippen LogP contribution in [-0.2, 0) is 14.4 Å². The van der Waals surface area contributed by atoms with Gasteiger partial charge in [-0.05, 0) is 12.8 Å². The van der Waals surface area contributed by atoms with E-state index in [4.69, 9.17) is 0 Å². The van der Waals surface area contributed by atoms with Crippen molar-refractivity contribution in [1.82, 2.24) is 4.90 Å². The van der Waals surface area contributed by atoms with E-state index in [-0.39, 0.29) is 0 Å². The largest absolute Gasteiger partial charge is 0.275 e. The highest BCUT2D eigenvalue weighted by molar-refractivity contribution is 5.93. The minimum absolute atomic E-state index is 0.395. The number of isocyanates is 1. The average molecular weight is 226 g/mol. The number of nitrogens with zero attached hydrogens (tertiary/aromatic N) is 2. The van der Waals surface area contributed by atoms with Crippen molar-refractivity contribution in [3.8, 4) is 0 Å². The number of carbonyl (C=O) groups is 2. The number of unbranched alkanes of at least 4 members (excludes halogenated alkanes) is 2. The highest BCUT2D eigenvalue weighted by Crippen LogP contribution is 2.11. The maximum absolute atomic E-state index is 11.2. The van der Waals surface area contributed by atoms with Crippen LogP contribution in [0.1, 0.15) is 46.5 Å². The van der Waals surface area contributed by atoms with Gasteiger partial charge in [0.15, 0.2) is 0 Å². The molecule has 2 amide bonds. The Morgan fingerprint density at radius 3 is 2.19 bits per heavy atom. The van der Waals surface area contributed by atoms with Crippen LogP contribution >= 0.6 is 0 Å². The number of imide groups is 1. The number of aliphatic imine (C=N–C) groups is 1. The molecule has 0 aromatic carbocycles. The van der Waals surface area contributed by atoms with Crippen molar-refractivity contribution in [2.45, 2.75) is 52.6 Å². The first kappa shape index (κ1) is 14.5. The number of rotatable bonds is 6. The van der Waals surface area contributed by atoms with Crippen LogP contribution in [0.15, 0.2) is 4.99 Å². The van der Waals surface area contributed by atoms with Crippen LogP contribution in [0.4, 0.5) is 0 Å². The summed E-state index contributed by atoms with van der Waals surface area (Å²) in [5.41, 5.74) is 0. The second-order valence-electron chi connectivity index (χ2n) is 3.60. The fourth-order valence-electron chi connectivity index (χ4n) is 1.53. The summed E-state index contributed by atoms with van der Waals surface area (Å²) in [4.78, 5) is 37.3. The molecule has 90 valence electrons. The van der Waals surface area contributed by atoms with Crippen molar-refractivity contribution < 1.29 is 14.4 Å². The van der Waals surface area contributed by atoms with E-state index < -0.39 is 18.0 Å². The van der Waals surface area contributed by atoms with Gasteiger partial charge >= 0.3 is 0 Å². The van der Waals surface area contributed by atoms with Crippen molar-refractivity contribution in [1.29, 1.82) is 0 Å². The molecule has 0 aliphatic carbocycles. The SMILES string of the molecule is CCCCCC(N=C=O)N(C(C)=O)C(C)=O. The lowest BCUT2D eigenvalue weighted by Gasteiger charge is -2.23. The zero-order valence-corrected chi connectivity index (χ0v) is 10.0. The predicted molar refractivity (Wildman–Crippen MR) is 59.3 cm³/mol. The third-order valence-electron chi connectivity index (χ3n) is 2.24. The molecule has 0 heterocycles. The van der Waals surface area contributed by atoms with E-state index in [2.05, 4.69) is 4.99 Å². The molecular weight excluding hydrogens is 208 g/mol. The third-order valence-corrected chi connectivity index (χ3v) is 2.24. The first-order chi connectivity index (χ1) is 7.54. The average Bonchev–Trinajstić information content (AvgIpc) is 2.17. The molecule has 5 nitrogen and oxygen atoms in total. The second-order valence-corrected chi connectivity index (χ2v) is 3.60. The molecule has 1 atom stereocenters. The topological polar surface area (TPSA) is 66.8 Å². The zero-order valence-electron chi connectivity index (χ0n) is 10.0. The molecule has 5 heteroatoms. The van der Waals surface area contributed by atoms with Crippen molar-refractivity contribution in [3.63, 3.8) is 0 Å². The molecule has 0 aliphatic heterocycles. The van der Waals surface area contributed by atoms with Gasteiger partial charge in [0, 0.05) is 13.8 Å². The lowest BCUT2D eigenvalue weighted by atomic mass is 10.1. The fourth-order valence-corrected chi connectivity index (χ4v) is 1.53. The van der Waals surface area contributed by atoms with Gasteiger partial charge in [0.1, 0.15) is 6.17 Å². The van der Waals surface area contributed by atoms with Gasteiger partial charge in [0.25, 0.3) is 0 Å². The van der Waals surface area contributed by atoms with Crippen molar-refractivity contribution in [2.24, 2.45) is 4.99 Å². The summed E-state index contributed by atoms with van der Waals surface area (Å²) in [5, 5.41) is 0. The van der Waals surface area contributed by atoms with Gasteiger partial charge in [-0.2, -0.15) is 4.99 Å². The summed E-state index contributed by atoms with van der Waals surface area (Å²) in [5.74, 6) is -0.791. The summed E-state index contributed by atoms with van der Waals surface area (Å²) in [6.45, 7) is 4.62. The van der Waals surface area contributed by atoms with Gasteiger partial charge in [-0.3, -0.25) is 14.5 Å². The normalized spacial score (nSPS) is 11.4. The maximum atomic E-state index is 11.2. The zero-order chi connectivity index (χ0) is 12.6. The van der Waals surface area contributed by atoms with Gasteiger partial charge < -0.3 is 0 Å². The Balaban J connectivity index is 4.64. The Hall–Kier alpha value is -1.48. The smallest absolute Gasteiger partial charge is 0.237 e. The second kappa shape index (κ2) is 7.77. The summed E-state index contributed by atoms with van der Waals surface area (Å²) in [6.07, 6.45) is 4.06. The van der Waals surface area contributed by atoms with Crippen molar-refractivity contribution >= 4 is 17.9 Å². The van der Waals surface area contributed by atoms with Gasteiger partial charge in [-0.1, -0.05) is 19.8 Å². The third kappa shape index (κ3) is 4.84. The van der Waals surface area contributed by atoms with Crippen LogP contribution in [-0.4, -0.2) is 29.0 Å². The minimum atomic E-state index is -0.695. The van der Waals surface area contributed by atoms with Crippen LogP contribution in [0.2, 0.25) is 0 Å². The van der Waals surface area contributed by atoms with E-state index in [0.717, 1.165) is 24.2 Å². The Morgan fingerprint density at radius 1 is 1.25 bits per heavy atom. The quantitative estimate of drug-likeness (QED) is 0.392. The highest BCUT2D eigenvalue weighted by atomic mass is 16.2. The van der Waals surface area contributed by atoms with Gasteiger partial charge in [-0.15, -0.1) is 0 Å². The number of amides is 2. The fraction of sp³-hybridized carbons (Fsp3) is 0.727. The molecule has 0 spiro atoms. The predicted octanol–water partition coefficient (Wildman–Crippen LogP) is 1.62. The molecule has 1 unspecified atom stereocenters. The summed E-state index contributed by atoms with van der Waals surface area (Å²) < 4.78 is 0. The van der Waals surface area contributed by atoms with Crippen LogP contribution in [0.5, 0.6) is 0 Å². The Morgan fingerprint density at radius 2 is 1.81 bits per heavy atom. The monoisotopic (exact) mass is 226 g/mol. The van der Waals surface area contributed by atoms with E-state index in [1.807, 2.05) is 6.92 Å². The minimum Gasteiger partial charge on any atom is -0.275 e. The summed E-state index contributed by atoms with van der Waals surface area (Å²) in [7, 11) is 0. The molecule has 16 heavy (non-hydrogen) atoms. The Bertz CT molecular complexity index is 282. The van der Waals surface area contributed by atoms with Crippen LogP contribution in [0.25, 0.3) is 0 Å². The molecule has 0 rings (SSSR count).